The normalized spacial score (nSPS) is 24.7. The van der Waals surface area contributed by atoms with Crippen molar-refractivity contribution in [2.75, 3.05) is 13.1 Å². The Hall–Kier alpha value is -2.29. The van der Waals surface area contributed by atoms with Gasteiger partial charge in [-0.3, -0.25) is 0 Å². The van der Waals surface area contributed by atoms with Crippen molar-refractivity contribution >= 4 is 6.03 Å². The van der Waals surface area contributed by atoms with Crippen LogP contribution in [0, 0.1) is 5.92 Å². The van der Waals surface area contributed by atoms with Gasteiger partial charge in [0, 0.05) is 13.1 Å². The zero-order valence-corrected chi connectivity index (χ0v) is 18.0. The van der Waals surface area contributed by atoms with Gasteiger partial charge in [-0.2, -0.15) is 0 Å². The average molecular weight is 403 g/mol. The number of hydrogen-bond acceptors (Lipinski definition) is 1. The molecule has 1 aliphatic carbocycles. The molecule has 3 nitrogen and oxygen atoms in total. The number of rotatable bonds is 3. The second-order valence-electron chi connectivity index (χ2n) is 9.44. The minimum absolute atomic E-state index is 0.219. The molecular formula is C27H34N2O. The van der Waals surface area contributed by atoms with Crippen molar-refractivity contribution in [3.8, 4) is 0 Å². The molecule has 2 aromatic carbocycles. The van der Waals surface area contributed by atoms with Crippen molar-refractivity contribution in [2.45, 2.75) is 69.9 Å². The number of likely N-dealkylation sites (tertiary alicyclic amines) is 1. The molecule has 3 aliphatic rings. The van der Waals surface area contributed by atoms with Crippen LogP contribution >= 0.6 is 0 Å². The molecule has 2 atom stereocenters. The topological polar surface area (TPSA) is 23.6 Å². The molecule has 30 heavy (non-hydrogen) atoms. The molecule has 0 N–H and O–H groups in total. The zero-order valence-electron chi connectivity index (χ0n) is 18.0. The Labute approximate surface area is 181 Å². The summed E-state index contributed by atoms with van der Waals surface area (Å²) in [5, 5.41) is 0. The Morgan fingerprint density at radius 1 is 0.800 bits per heavy atom. The summed E-state index contributed by atoms with van der Waals surface area (Å²) in [7, 11) is 0. The van der Waals surface area contributed by atoms with Crippen LogP contribution in [0.15, 0.2) is 54.6 Å². The summed E-state index contributed by atoms with van der Waals surface area (Å²) >= 11 is 0. The number of benzene rings is 2. The van der Waals surface area contributed by atoms with Gasteiger partial charge in [-0.1, -0.05) is 80.3 Å². The van der Waals surface area contributed by atoms with Crippen molar-refractivity contribution in [2.24, 2.45) is 5.92 Å². The molecule has 0 radical (unpaired) electrons. The molecule has 2 aliphatic heterocycles. The fraction of sp³-hybridized carbons (Fsp3) is 0.519. The van der Waals surface area contributed by atoms with Gasteiger partial charge in [-0.15, -0.1) is 0 Å². The minimum atomic E-state index is 0.219. The lowest BCUT2D eigenvalue weighted by Crippen LogP contribution is -2.50. The first kappa shape index (κ1) is 19.7. The van der Waals surface area contributed by atoms with Crippen molar-refractivity contribution in [1.82, 2.24) is 9.80 Å². The second kappa shape index (κ2) is 8.83. The molecule has 0 aromatic heterocycles. The van der Waals surface area contributed by atoms with E-state index < -0.39 is 0 Å². The molecule has 3 heteroatoms. The fourth-order valence-electron chi connectivity index (χ4n) is 6.04. The molecule has 0 bridgehead atoms. The predicted molar refractivity (Wildman–Crippen MR) is 121 cm³/mol. The van der Waals surface area contributed by atoms with E-state index in [1.807, 2.05) is 0 Å². The average Bonchev–Trinajstić information content (AvgIpc) is 3.33. The standard InChI is InChI=1S/C27H34N2O/c30-27(28-18-9-8-16-25(28)23-13-2-1-3-14-23)29-19-17-22-12-6-7-15-24(22)26(29)20-21-10-4-5-11-21/h1-3,6-7,12-15,21,25-26H,4-5,8-11,16-20H2. The number of hydrogen-bond donors (Lipinski definition) is 0. The van der Waals surface area contributed by atoms with Gasteiger partial charge in [-0.25, -0.2) is 4.79 Å². The third-order valence-electron chi connectivity index (χ3n) is 7.62. The first-order valence-electron chi connectivity index (χ1n) is 12.0. The SMILES string of the molecule is O=C(N1CCCCC1c1ccccc1)N1CCc2ccccc2C1CC1CCCC1. The molecule has 2 aromatic rings. The fourth-order valence-corrected chi connectivity index (χ4v) is 6.04. The van der Waals surface area contributed by atoms with E-state index in [1.165, 1.54) is 48.8 Å². The Bertz CT molecular complexity index is 858. The predicted octanol–water partition coefficient (Wildman–Crippen LogP) is 6.51. The summed E-state index contributed by atoms with van der Waals surface area (Å²) in [5.41, 5.74) is 4.13. The Kier molecular flexibility index (Phi) is 5.79. The van der Waals surface area contributed by atoms with Gasteiger partial charge < -0.3 is 9.80 Å². The lowest BCUT2D eigenvalue weighted by molar-refractivity contribution is 0.0908. The Balaban J connectivity index is 1.43. The number of carbonyl (C=O) groups excluding carboxylic acids is 1. The summed E-state index contributed by atoms with van der Waals surface area (Å²) in [6.45, 7) is 1.73. The molecule has 5 rings (SSSR count). The molecule has 1 saturated heterocycles. The van der Waals surface area contributed by atoms with Gasteiger partial charge >= 0.3 is 6.03 Å². The van der Waals surface area contributed by atoms with Crippen LogP contribution in [0.2, 0.25) is 0 Å². The molecule has 2 fully saturated rings. The van der Waals surface area contributed by atoms with E-state index in [1.54, 1.807) is 0 Å². The summed E-state index contributed by atoms with van der Waals surface area (Å²) < 4.78 is 0. The van der Waals surface area contributed by atoms with Crippen molar-refractivity contribution in [3.05, 3.63) is 71.3 Å². The monoisotopic (exact) mass is 402 g/mol. The third-order valence-corrected chi connectivity index (χ3v) is 7.62. The number of fused-ring (bicyclic) bond motifs is 1. The minimum Gasteiger partial charge on any atom is -0.318 e. The van der Waals surface area contributed by atoms with Gasteiger partial charge in [0.05, 0.1) is 12.1 Å². The highest BCUT2D eigenvalue weighted by Crippen LogP contribution is 2.41. The maximum atomic E-state index is 14.0. The number of carbonyl (C=O) groups is 1. The van der Waals surface area contributed by atoms with Gasteiger partial charge in [0.2, 0.25) is 0 Å². The summed E-state index contributed by atoms with van der Waals surface area (Å²) in [6, 6.07) is 20.2. The van der Waals surface area contributed by atoms with Gasteiger partial charge in [-0.05, 0) is 54.7 Å². The quantitative estimate of drug-likeness (QED) is 0.574. The van der Waals surface area contributed by atoms with Crippen LogP contribution in [0.3, 0.4) is 0 Å². The summed E-state index contributed by atoms with van der Waals surface area (Å²) in [5.74, 6) is 0.766. The van der Waals surface area contributed by atoms with E-state index in [-0.39, 0.29) is 18.1 Å². The smallest absolute Gasteiger partial charge is 0.318 e. The van der Waals surface area contributed by atoms with Crippen molar-refractivity contribution < 1.29 is 4.79 Å². The highest BCUT2D eigenvalue weighted by molar-refractivity contribution is 5.76. The molecule has 1 saturated carbocycles. The molecule has 2 unspecified atom stereocenters. The van der Waals surface area contributed by atoms with E-state index in [2.05, 4.69) is 64.4 Å². The Morgan fingerprint density at radius 2 is 1.53 bits per heavy atom. The van der Waals surface area contributed by atoms with Crippen LogP contribution in [-0.4, -0.2) is 28.9 Å². The van der Waals surface area contributed by atoms with Crippen LogP contribution < -0.4 is 0 Å². The van der Waals surface area contributed by atoms with Gasteiger partial charge in [0.15, 0.2) is 0 Å². The number of piperidine rings is 1. The third kappa shape index (κ3) is 3.87. The van der Waals surface area contributed by atoms with E-state index >= 15 is 0 Å². The van der Waals surface area contributed by atoms with Crippen LogP contribution in [0.25, 0.3) is 0 Å². The van der Waals surface area contributed by atoms with Crippen molar-refractivity contribution in [1.29, 1.82) is 0 Å². The number of nitrogens with zero attached hydrogens (tertiary/aromatic N) is 2. The molecule has 158 valence electrons. The highest BCUT2D eigenvalue weighted by atomic mass is 16.2. The van der Waals surface area contributed by atoms with E-state index in [9.17, 15) is 4.79 Å². The van der Waals surface area contributed by atoms with Crippen LogP contribution in [-0.2, 0) is 6.42 Å². The van der Waals surface area contributed by atoms with E-state index in [4.69, 9.17) is 0 Å². The Morgan fingerprint density at radius 3 is 2.37 bits per heavy atom. The maximum Gasteiger partial charge on any atom is 0.321 e. The van der Waals surface area contributed by atoms with Gasteiger partial charge in [0.25, 0.3) is 0 Å². The first-order chi connectivity index (χ1) is 14.8. The van der Waals surface area contributed by atoms with Crippen LogP contribution in [0.1, 0.15) is 80.1 Å². The molecule has 2 amide bonds. The highest BCUT2D eigenvalue weighted by Gasteiger charge is 2.38. The largest absolute Gasteiger partial charge is 0.321 e. The van der Waals surface area contributed by atoms with E-state index in [0.717, 1.165) is 44.7 Å². The lowest BCUT2D eigenvalue weighted by Gasteiger charge is -2.44. The zero-order chi connectivity index (χ0) is 20.3. The maximum absolute atomic E-state index is 14.0. The van der Waals surface area contributed by atoms with Crippen LogP contribution in [0.4, 0.5) is 4.79 Å². The molecule has 2 heterocycles. The summed E-state index contributed by atoms with van der Waals surface area (Å²) in [6.07, 6.45) is 10.9. The second-order valence-corrected chi connectivity index (χ2v) is 9.44. The van der Waals surface area contributed by atoms with Crippen LogP contribution in [0.5, 0.6) is 0 Å². The first-order valence-corrected chi connectivity index (χ1v) is 12.0. The van der Waals surface area contributed by atoms with E-state index in [0.29, 0.717) is 0 Å². The van der Waals surface area contributed by atoms with Crippen molar-refractivity contribution in [3.63, 3.8) is 0 Å². The number of amides is 2. The summed E-state index contributed by atoms with van der Waals surface area (Å²) in [4.78, 5) is 18.4. The molecule has 0 spiro atoms. The molecular weight excluding hydrogens is 368 g/mol. The number of urea groups is 1. The lowest BCUT2D eigenvalue weighted by atomic mass is 9.86. The van der Waals surface area contributed by atoms with Gasteiger partial charge in [0.1, 0.15) is 0 Å².